The van der Waals surface area contributed by atoms with Crippen molar-refractivity contribution in [2.75, 3.05) is 11.9 Å². The third-order valence-electron chi connectivity index (χ3n) is 2.09. The fraction of sp³-hybridized carbons (Fsp3) is 0.167. The van der Waals surface area contributed by atoms with E-state index >= 15 is 0 Å². The van der Waals surface area contributed by atoms with Crippen molar-refractivity contribution in [1.29, 1.82) is 0 Å². The lowest BCUT2D eigenvalue weighted by atomic mass is 10.3. The van der Waals surface area contributed by atoms with Crippen molar-refractivity contribution in [2.24, 2.45) is 0 Å². The number of hydrogen-bond acceptors (Lipinski definition) is 5. The number of anilines is 1. The van der Waals surface area contributed by atoms with Crippen LogP contribution < -0.4 is 5.32 Å². The SMILES string of the molecule is Cc1ccoc1C(=O)Nc1ncc(C#CCO)s1. The lowest BCUT2D eigenvalue weighted by Gasteiger charge is -1.98. The molecule has 0 aliphatic carbocycles. The molecule has 92 valence electrons. The second kappa shape index (κ2) is 5.49. The highest BCUT2D eigenvalue weighted by Crippen LogP contribution is 2.18. The van der Waals surface area contributed by atoms with Crippen LogP contribution in [0.1, 0.15) is 21.0 Å². The fourth-order valence-electron chi connectivity index (χ4n) is 1.28. The van der Waals surface area contributed by atoms with E-state index < -0.39 is 0 Å². The summed E-state index contributed by atoms with van der Waals surface area (Å²) in [4.78, 5) is 16.5. The summed E-state index contributed by atoms with van der Waals surface area (Å²) in [6.45, 7) is 1.59. The van der Waals surface area contributed by atoms with Crippen molar-refractivity contribution in [2.45, 2.75) is 6.92 Å². The Kier molecular flexibility index (Phi) is 3.77. The van der Waals surface area contributed by atoms with Crippen LogP contribution in [0.15, 0.2) is 22.9 Å². The van der Waals surface area contributed by atoms with Gasteiger partial charge in [-0.2, -0.15) is 0 Å². The van der Waals surface area contributed by atoms with Crippen LogP contribution in [0.5, 0.6) is 0 Å². The van der Waals surface area contributed by atoms with Crippen LogP contribution in [0.2, 0.25) is 0 Å². The van der Waals surface area contributed by atoms with E-state index in [0.717, 1.165) is 5.56 Å². The van der Waals surface area contributed by atoms with Crippen molar-refractivity contribution < 1.29 is 14.3 Å². The van der Waals surface area contributed by atoms with Gasteiger partial charge in [0.2, 0.25) is 0 Å². The Balaban J connectivity index is 2.08. The van der Waals surface area contributed by atoms with Gasteiger partial charge in [-0.05, 0) is 13.0 Å². The molecule has 0 spiro atoms. The molecule has 0 bridgehead atoms. The molecule has 5 nitrogen and oxygen atoms in total. The van der Waals surface area contributed by atoms with Crippen molar-refractivity contribution >= 4 is 22.4 Å². The van der Waals surface area contributed by atoms with Crippen LogP contribution >= 0.6 is 11.3 Å². The predicted octanol–water partition coefficient (Wildman–Crippen LogP) is 1.64. The standard InChI is InChI=1S/C12H10N2O3S/c1-8-4-6-17-10(8)11(16)14-12-13-7-9(18-12)3-2-5-15/h4,6-7,15H,5H2,1H3,(H,13,14,16). The second-order valence-corrected chi connectivity index (χ2v) is 4.41. The molecule has 1 amide bonds. The van der Waals surface area contributed by atoms with Crippen molar-refractivity contribution in [1.82, 2.24) is 4.98 Å². The molecule has 0 aliphatic heterocycles. The number of nitrogens with one attached hydrogen (secondary N) is 1. The first kappa shape index (κ1) is 12.4. The van der Waals surface area contributed by atoms with Crippen molar-refractivity contribution in [3.05, 3.63) is 34.7 Å². The number of amides is 1. The number of aliphatic hydroxyl groups is 1. The summed E-state index contributed by atoms with van der Waals surface area (Å²) in [6, 6.07) is 1.72. The Hall–Kier alpha value is -2.10. The van der Waals surface area contributed by atoms with Crippen molar-refractivity contribution in [3.8, 4) is 11.8 Å². The highest BCUT2D eigenvalue weighted by molar-refractivity contribution is 7.16. The first-order valence-electron chi connectivity index (χ1n) is 5.11. The second-order valence-electron chi connectivity index (χ2n) is 3.38. The van der Waals surface area contributed by atoms with Gasteiger partial charge < -0.3 is 9.52 Å². The summed E-state index contributed by atoms with van der Waals surface area (Å²) >= 11 is 1.23. The van der Waals surface area contributed by atoms with Crippen LogP contribution in [0, 0.1) is 18.8 Å². The number of aliphatic hydroxyl groups excluding tert-OH is 1. The normalized spacial score (nSPS) is 9.67. The van der Waals surface area contributed by atoms with Gasteiger partial charge in [0.05, 0.1) is 17.3 Å². The molecule has 2 rings (SSSR count). The maximum Gasteiger partial charge on any atom is 0.293 e. The molecular formula is C12H10N2O3S. The summed E-state index contributed by atoms with van der Waals surface area (Å²) in [5.41, 5.74) is 0.768. The molecule has 0 unspecified atom stereocenters. The Morgan fingerprint density at radius 2 is 2.50 bits per heavy atom. The number of furan rings is 1. The van der Waals surface area contributed by atoms with Crippen LogP contribution in [0.3, 0.4) is 0 Å². The fourth-order valence-corrected chi connectivity index (χ4v) is 1.96. The molecule has 18 heavy (non-hydrogen) atoms. The Labute approximate surface area is 107 Å². The zero-order valence-corrected chi connectivity index (χ0v) is 10.4. The Bertz CT molecular complexity index is 619. The van der Waals surface area contributed by atoms with Gasteiger partial charge in [0.15, 0.2) is 10.9 Å². The number of aryl methyl sites for hydroxylation is 1. The van der Waals surface area contributed by atoms with E-state index in [2.05, 4.69) is 22.1 Å². The van der Waals surface area contributed by atoms with E-state index in [1.807, 2.05) is 0 Å². The van der Waals surface area contributed by atoms with E-state index in [4.69, 9.17) is 9.52 Å². The van der Waals surface area contributed by atoms with Gasteiger partial charge in [0.25, 0.3) is 5.91 Å². The maximum absolute atomic E-state index is 11.8. The number of hydrogen-bond donors (Lipinski definition) is 2. The number of rotatable bonds is 2. The van der Waals surface area contributed by atoms with E-state index in [0.29, 0.717) is 10.0 Å². The number of thiazole rings is 1. The van der Waals surface area contributed by atoms with Gasteiger partial charge in [-0.1, -0.05) is 23.2 Å². The molecule has 2 aromatic rings. The van der Waals surface area contributed by atoms with Crippen LogP contribution in [0.4, 0.5) is 5.13 Å². The van der Waals surface area contributed by atoms with E-state index in [1.54, 1.807) is 13.0 Å². The van der Waals surface area contributed by atoms with Gasteiger partial charge >= 0.3 is 0 Å². The predicted molar refractivity (Wildman–Crippen MR) is 67.5 cm³/mol. The average molecular weight is 262 g/mol. The first-order valence-corrected chi connectivity index (χ1v) is 5.93. The van der Waals surface area contributed by atoms with Gasteiger partial charge in [-0.25, -0.2) is 4.98 Å². The minimum atomic E-state index is -0.339. The van der Waals surface area contributed by atoms with E-state index in [9.17, 15) is 4.79 Å². The summed E-state index contributed by atoms with van der Waals surface area (Å²) in [5, 5.41) is 11.6. The highest BCUT2D eigenvalue weighted by atomic mass is 32.1. The molecular weight excluding hydrogens is 252 g/mol. The van der Waals surface area contributed by atoms with Gasteiger partial charge in [0, 0.05) is 5.56 Å². The third kappa shape index (κ3) is 2.77. The monoisotopic (exact) mass is 262 g/mol. The molecule has 0 saturated carbocycles. The number of carbonyl (C=O) groups excluding carboxylic acids is 1. The molecule has 0 fully saturated rings. The molecule has 2 heterocycles. The minimum absolute atomic E-state index is 0.203. The largest absolute Gasteiger partial charge is 0.459 e. The number of aromatic nitrogens is 1. The maximum atomic E-state index is 11.8. The molecule has 0 saturated heterocycles. The van der Waals surface area contributed by atoms with Gasteiger partial charge in [-0.3, -0.25) is 10.1 Å². The van der Waals surface area contributed by atoms with Crippen LogP contribution in [-0.4, -0.2) is 22.6 Å². The summed E-state index contributed by atoms with van der Waals surface area (Å²) in [5.74, 6) is 5.16. The lowest BCUT2D eigenvalue weighted by Crippen LogP contribution is -2.11. The molecule has 0 radical (unpaired) electrons. The molecule has 0 aromatic carbocycles. The molecule has 6 heteroatoms. The summed E-state index contributed by atoms with van der Waals surface area (Å²) in [6.07, 6.45) is 3.00. The van der Waals surface area contributed by atoms with Crippen molar-refractivity contribution in [3.63, 3.8) is 0 Å². The summed E-state index contributed by atoms with van der Waals surface area (Å²) in [7, 11) is 0. The smallest absolute Gasteiger partial charge is 0.293 e. The van der Waals surface area contributed by atoms with Crippen LogP contribution in [-0.2, 0) is 0 Å². The quantitative estimate of drug-likeness (QED) is 0.807. The Morgan fingerprint density at radius 3 is 3.17 bits per heavy atom. The summed E-state index contributed by atoms with van der Waals surface area (Å²) < 4.78 is 5.07. The molecule has 0 aliphatic rings. The number of carbonyl (C=O) groups is 1. The lowest BCUT2D eigenvalue weighted by molar-refractivity contribution is 0.0996. The molecule has 2 N–H and O–H groups in total. The topological polar surface area (TPSA) is 75.4 Å². The highest BCUT2D eigenvalue weighted by Gasteiger charge is 2.14. The van der Waals surface area contributed by atoms with Crippen LogP contribution in [0.25, 0.3) is 0 Å². The molecule has 2 aromatic heterocycles. The van der Waals surface area contributed by atoms with E-state index in [1.165, 1.54) is 23.8 Å². The van der Waals surface area contributed by atoms with E-state index in [-0.39, 0.29) is 18.3 Å². The Morgan fingerprint density at radius 1 is 1.67 bits per heavy atom. The van der Waals surface area contributed by atoms with Gasteiger partial charge in [0.1, 0.15) is 6.61 Å². The number of nitrogens with zero attached hydrogens (tertiary/aromatic N) is 1. The van der Waals surface area contributed by atoms with Gasteiger partial charge in [-0.15, -0.1) is 0 Å². The zero-order chi connectivity index (χ0) is 13.0. The average Bonchev–Trinajstić information content (AvgIpc) is 2.95. The first-order chi connectivity index (χ1) is 8.70. The zero-order valence-electron chi connectivity index (χ0n) is 9.56. The molecule has 0 atom stereocenters. The minimum Gasteiger partial charge on any atom is -0.459 e. The third-order valence-corrected chi connectivity index (χ3v) is 2.91.